The fourth-order valence-corrected chi connectivity index (χ4v) is 3.11. The van der Waals surface area contributed by atoms with E-state index < -0.39 is 11.7 Å². The first-order chi connectivity index (χ1) is 15.0. The fourth-order valence-electron chi connectivity index (χ4n) is 2.90. The van der Waals surface area contributed by atoms with Crippen molar-refractivity contribution in [1.82, 2.24) is 5.32 Å². The Balaban J connectivity index is 1.39. The number of carbonyl (C=O) groups excluding carboxylic acids is 2. The number of thiocarbonyl (C=S) groups is 1. The Labute approximate surface area is 182 Å². The molecule has 0 aliphatic carbocycles. The van der Waals surface area contributed by atoms with Crippen LogP contribution in [0, 0.1) is 5.82 Å². The molecule has 154 valence electrons. The standard InChI is InChI=1S/C23H16FN3O3S/c24-16-10-8-14(9-11-16)21(28)27-23(31)26-18-6-3-5-17(13-18)25-22(29)20-12-15-4-1-2-7-19(15)30-20/h1-13H,(H,25,29)(H2,26,27,28,31). The first kappa shape index (κ1) is 20.2. The number of carbonyl (C=O) groups is 2. The lowest BCUT2D eigenvalue weighted by molar-refractivity contribution is 0.0975. The summed E-state index contributed by atoms with van der Waals surface area (Å²) in [7, 11) is 0. The third-order valence-corrected chi connectivity index (χ3v) is 4.57. The number of fused-ring (bicyclic) bond motifs is 1. The van der Waals surface area contributed by atoms with Crippen molar-refractivity contribution >= 4 is 51.5 Å². The van der Waals surface area contributed by atoms with Gasteiger partial charge in [0.05, 0.1) is 0 Å². The Morgan fingerprint density at radius 3 is 2.26 bits per heavy atom. The SMILES string of the molecule is O=C(NC(=S)Nc1cccc(NC(=O)c2cc3ccccc3o2)c1)c1ccc(F)cc1. The average Bonchev–Trinajstić information content (AvgIpc) is 3.19. The van der Waals surface area contributed by atoms with E-state index in [4.69, 9.17) is 16.6 Å². The van der Waals surface area contributed by atoms with Crippen molar-refractivity contribution in [3.63, 3.8) is 0 Å². The van der Waals surface area contributed by atoms with Gasteiger partial charge in [0.1, 0.15) is 11.4 Å². The maximum atomic E-state index is 13.0. The van der Waals surface area contributed by atoms with Gasteiger partial charge in [0.15, 0.2) is 10.9 Å². The van der Waals surface area contributed by atoms with Crippen LogP contribution >= 0.6 is 12.2 Å². The second-order valence-corrected chi connectivity index (χ2v) is 7.01. The maximum absolute atomic E-state index is 13.0. The molecule has 8 heteroatoms. The predicted octanol–water partition coefficient (Wildman–Crippen LogP) is 4.95. The fraction of sp³-hybridized carbons (Fsp3) is 0. The molecule has 1 heterocycles. The number of hydrogen-bond donors (Lipinski definition) is 3. The van der Waals surface area contributed by atoms with Crippen LogP contribution < -0.4 is 16.0 Å². The molecule has 0 atom stereocenters. The number of nitrogens with one attached hydrogen (secondary N) is 3. The van der Waals surface area contributed by atoms with Crippen LogP contribution in [0.1, 0.15) is 20.9 Å². The summed E-state index contributed by atoms with van der Waals surface area (Å²) in [6.45, 7) is 0. The van der Waals surface area contributed by atoms with Crippen molar-refractivity contribution < 1.29 is 18.4 Å². The normalized spacial score (nSPS) is 10.5. The summed E-state index contributed by atoms with van der Waals surface area (Å²) in [4.78, 5) is 24.7. The van der Waals surface area contributed by atoms with Crippen molar-refractivity contribution in [2.24, 2.45) is 0 Å². The lowest BCUT2D eigenvalue weighted by Gasteiger charge is -2.11. The summed E-state index contributed by atoms with van der Waals surface area (Å²) >= 11 is 5.16. The number of anilines is 2. The van der Waals surface area contributed by atoms with E-state index in [2.05, 4.69) is 16.0 Å². The van der Waals surface area contributed by atoms with E-state index >= 15 is 0 Å². The molecule has 0 unspecified atom stereocenters. The molecule has 0 fully saturated rings. The zero-order valence-corrected chi connectivity index (χ0v) is 16.8. The van der Waals surface area contributed by atoms with E-state index in [1.165, 1.54) is 24.3 Å². The van der Waals surface area contributed by atoms with Gasteiger partial charge in [-0.25, -0.2) is 4.39 Å². The first-order valence-corrected chi connectivity index (χ1v) is 9.67. The summed E-state index contributed by atoms with van der Waals surface area (Å²) in [5, 5.41) is 9.07. The lowest BCUT2D eigenvalue weighted by atomic mass is 10.2. The number of benzene rings is 3. The highest BCUT2D eigenvalue weighted by Crippen LogP contribution is 2.21. The minimum atomic E-state index is -0.466. The van der Waals surface area contributed by atoms with Gasteiger partial charge in [-0.2, -0.15) is 0 Å². The van der Waals surface area contributed by atoms with Crippen molar-refractivity contribution in [3.05, 3.63) is 96.0 Å². The van der Waals surface area contributed by atoms with Gasteiger partial charge in [-0.15, -0.1) is 0 Å². The minimum Gasteiger partial charge on any atom is -0.451 e. The number of para-hydroxylation sites is 1. The molecule has 3 aromatic carbocycles. The van der Waals surface area contributed by atoms with Crippen LogP contribution in [0.3, 0.4) is 0 Å². The van der Waals surface area contributed by atoms with E-state index in [9.17, 15) is 14.0 Å². The van der Waals surface area contributed by atoms with Gasteiger partial charge in [0.25, 0.3) is 11.8 Å². The summed E-state index contributed by atoms with van der Waals surface area (Å²) in [5.41, 5.74) is 1.98. The Kier molecular flexibility index (Phi) is 5.72. The Morgan fingerprint density at radius 1 is 0.806 bits per heavy atom. The molecule has 0 spiro atoms. The van der Waals surface area contributed by atoms with Gasteiger partial charge in [-0.3, -0.25) is 14.9 Å². The quantitative estimate of drug-likeness (QED) is 0.397. The van der Waals surface area contributed by atoms with Gasteiger partial charge in [-0.1, -0.05) is 24.3 Å². The molecule has 3 N–H and O–H groups in total. The molecule has 0 radical (unpaired) electrons. The van der Waals surface area contributed by atoms with E-state index in [1.54, 1.807) is 36.4 Å². The Hall–Kier alpha value is -4.04. The third-order valence-electron chi connectivity index (χ3n) is 4.36. The highest BCUT2D eigenvalue weighted by molar-refractivity contribution is 7.80. The molecule has 0 aliphatic heterocycles. The summed E-state index contributed by atoms with van der Waals surface area (Å²) in [5.74, 6) is -1.09. The molecule has 0 saturated carbocycles. The molecule has 4 aromatic rings. The van der Waals surface area contributed by atoms with Gasteiger partial charge < -0.3 is 15.1 Å². The molecule has 0 aliphatic rings. The van der Waals surface area contributed by atoms with Gasteiger partial charge in [0.2, 0.25) is 0 Å². The van der Waals surface area contributed by atoms with Crippen molar-refractivity contribution in [1.29, 1.82) is 0 Å². The number of rotatable bonds is 4. The number of hydrogen-bond acceptors (Lipinski definition) is 4. The van der Waals surface area contributed by atoms with Gasteiger partial charge in [-0.05, 0) is 66.8 Å². The number of amides is 2. The van der Waals surface area contributed by atoms with E-state index in [0.717, 1.165) is 5.39 Å². The summed E-state index contributed by atoms with van der Waals surface area (Å²) < 4.78 is 18.6. The van der Waals surface area contributed by atoms with Crippen molar-refractivity contribution in [3.8, 4) is 0 Å². The zero-order chi connectivity index (χ0) is 21.8. The highest BCUT2D eigenvalue weighted by atomic mass is 32.1. The van der Waals surface area contributed by atoms with Crippen LogP contribution in [0.5, 0.6) is 0 Å². The van der Waals surface area contributed by atoms with E-state index in [-0.39, 0.29) is 22.3 Å². The summed E-state index contributed by atoms with van der Waals surface area (Å²) in [6, 6.07) is 21.0. The first-order valence-electron chi connectivity index (χ1n) is 9.26. The second kappa shape index (κ2) is 8.76. The lowest BCUT2D eigenvalue weighted by Crippen LogP contribution is -2.34. The highest BCUT2D eigenvalue weighted by Gasteiger charge is 2.13. The van der Waals surface area contributed by atoms with Gasteiger partial charge >= 0.3 is 0 Å². The van der Waals surface area contributed by atoms with E-state index in [0.29, 0.717) is 17.0 Å². The van der Waals surface area contributed by atoms with Crippen LogP contribution in [-0.2, 0) is 0 Å². The minimum absolute atomic E-state index is 0.0649. The molecule has 31 heavy (non-hydrogen) atoms. The predicted molar refractivity (Wildman–Crippen MR) is 121 cm³/mol. The monoisotopic (exact) mass is 433 g/mol. The average molecular weight is 433 g/mol. The molecule has 0 bridgehead atoms. The molecular formula is C23H16FN3O3S. The van der Waals surface area contributed by atoms with Gasteiger partial charge in [0, 0.05) is 22.3 Å². The van der Waals surface area contributed by atoms with Crippen LogP contribution in [0.2, 0.25) is 0 Å². The summed E-state index contributed by atoms with van der Waals surface area (Å²) in [6.07, 6.45) is 0. The second-order valence-electron chi connectivity index (χ2n) is 6.60. The molecular weight excluding hydrogens is 417 g/mol. The Bertz CT molecular complexity index is 1250. The van der Waals surface area contributed by atoms with Crippen molar-refractivity contribution in [2.45, 2.75) is 0 Å². The molecule has 2 amide bonds. The number of halogens is 1. The van der Waals surface area contributed by atoms with E-state index in [1.807, 2.05) is 18.2 Å². The number of furan rings is 1. The van der Waals surface area contributed by atoms with Crippen molar-refractivity contribution in [2.75, 3.05) is 10.6 Å². The topological polar surface area (TPSA) is 83.4 Å². The Morgan fingerprint density at radius 2 is 1.52 bits per heavy atom. The zero-order valence-electron chi connectivity index (χ0n) is 16.0. The van der Waals surface area contributed by atoms with Crippen LogP contribution in [0.4, 0.5) is 15.8 Å². The molecule has 4 rings (SSSR count). The van der Waals surface area contributed by atoms with Crippen LogP contribution in [-0.4, -0.2) is 16.9 Å². The molecule has 0 saturated heterocycles. The largest absolute Gasteiger partial charge is 0.451 e. The third kappa shape index (κ3) is 4.93. The molecule has 1 aromatic heterocycles. The van der Waals surface area contributed by atoms with Crippen LogP contribution in [0.15, 0.2) is 83.3 Å². The smallest absolute Gasteiger partial charge is 0.291 e. The molecule has 6 nitrogen and oxygen atoms in total. The maximum Gasteiger partial charge on any atom is 0.291 e. The van der Waals surface area contributed by atoms with Crippen LogP contribution in [0.25, 0.3) is 11.0 Å².